The zero-order valence-corrected chi connectivity index (χ0v) is 16.8. The largest absolute Gasteiger partial charge is 0.496 e. The van der Waals surface area contributed by atoms with Crippen LogP contribution in [0.4, 0.5) is 0 Å². The summed E-state index contributed by atoms with van der Waals surface area (Å²) in [5.74, 6) is 0.457. The number of hydrazine groups is 1. The number of hydrogen-bond donors (Lipinski definition) is 2. The Hall–Kier alpha value is -2.71. The predicted molar refractivity (Wildman–Crippen MR) is 110 cm³/mol. The summed E-state index contributed by atoms with van der Waals surface area (Å²) >= 11 is 5.39. The molecule has 3 rings (SSSR count). The van der Waals surface area contributed by atoms with Crippen molar-refractivity contribution in [1.29, 1.82) is 0 Å². The summed E-state index contributed by atoms with van der Waals surface area (Å²) in [6.07, 6.45) is 6.81. The van der Waals surface area contributed by atoms with Crippen molar-refractivity contribution in [3.8, 4) is 11.5 Å². The summed E-state index contributed by atoms with van der Waals surface area (Å²) in [5, 5.41) is 5.02. The third kappa shape index (κ3) is 4.58. The smallest absolute Gasteiger partial charge is 0.265 e. The summed E-state index contributed by atoms with van der Waals surface area (Å²) in [6.45, 7) is 0.827. The average Bonchev–Trinajstić information content (AvgIpc) is 2.73. The molecule has 1 aliphatic rings. The monoisotopic (exact) mass is 400 g/mol. The summed E-state index contributed by atoms with van der Waals surface area (Å²) < 4.78 is 10.6. The van der Waals surface area contributed by atoms with Gasteiger partial charge in [0.25, 0.3) is 5.91 Å². The Labute approximate surface area is 170 Å². The summed E-state index contributed by atoms with van der Waals surface area (Å²) in [6, 6.07) is 9.30. The molecule has 1 aromatic carbocycles. The molecule has 8 heteroatoms. The lowest BCUT2D eigenvalue weighted by atomic mass is 9.98. The van der Waals surface area contributed by atoms with E-state index < -0.39 is 0 Å². The molecule has 2 N–H and O–H groups in total. The minimum atomic E-state index is -0.387. The van der Waals surface area contributed by atoms with Gasteiger partial charge in [-0.1, -0.05) is 18.6 Å². The molecule has 1 aliphatic heterocycles. The molecule has 0 saturated carbocycles. The third-order valence-electron chi connectivity index (χ3n) is 4.70. The molecule has 0 bridgehead atoms. The molecule has 1 fully saturated rings. The normalized spacial score (nSPS) is 16.9. The molecule has 0 aliphatic carbocycles. The predicted octanol–water partition coefficient (Wildman–Crippen LogP) is 2.85. The Morgan fingerprint density at radius 3 is 2.57 bits per heavy atom. The van der Waals surface area contributed by atoms with E-state index in [0.29, 0.717) is 17.1 Å². The zero-order valence-electron chi connectivity index (χ0n) is 16.0. The molecule has 1 amide bonds. The van der Waals surface area contributed by atoms with Gasteiger partial charge >= 0.3 is 0 Å². The van der Waals surface area contributed by atoms with Crippen molar-refractivity contribution >= 4 is 23.2 Å². The maximum atomic E-state index is 12.8. The first-order chi connectivity index (χ1) is 13.6. The van der Waals surface area contributed by atoms with E-state index in [4.69, 9.17) is 21.7 Å². The van der Waals surface area contributed by atoms with Crippen molar-refractivity contribution in [1.82, 2.24) is 20.7 Å². The van der Waals surface area contributed by atoms with Gasteiger partial charge in [0.2, 0.25) is 0 Å². The van der Waals surface area contributed by atoms with Gasteiger partial charge in [0.05, 0.1) is 20.3 Å². The standard InChI is InChI=1S/C20H24N4O3S/c1-26-16-9-5-10-17(27-2)18(16)19(25)22-20(28)23-24-12-4-3-8-15(24)14-7-6-11-21-13-14/h5-7,9-11,13,15H,3-4,8,12H2,1-2H3,(H2,22,23,25,28). The van der Waals surface area contributed by atoms with Crippen LogP contribution in [0.25, 0.3) is 0 Å². The van der Waals surface area contributed by atoms with E-state index in [1.54, 1.807) is 24.4 Å². The lowest BCUT2D eigenvalue weighted by Gasteiger charge is -2.36. The minimum Gasteiger partial charge on any atom is -0.496 e. The lowest BCUT2D eigenvalue weighted by Crippen LogP contribution is -2.51. The first-order valence-corrected chi connectivity index (χ1v) is 9.54. The van der Waals surface area contributed by atoms with Crippen molar-refractivity contribution in [3.05, 3.63) is 53.9 Å². The van der Waals surface area contributed by atoms with Crippen LogP contribution in [0.5, 0.6) is 11.5 Å². The maximum Gasteiger partial charge on any atom is 0.265 e. The van der Waals surface area contributed by atoms with Crippen LogP contribution in [0, 0.1) is 0 Å². The second-order valence-corrected chi connectivity index (χ2v) is 6.83. The number of aromatic nitrogens is 1. The number of piperidine rings is 1. The van der Waals surface area contributed by atoms with Crippen LogP contribution in [0.15, 0.2) is 42.7 Å². The van der Waals surface area contributed by atoms with Gasteiger partial charge in [-0.15, -0.1) is 0 Å². The van der Waals surface area contributed by atoms with E-state index in [1.165, 1.54) is 14.2 Å². The van der Waals surface area contributed by atoms with E-state index in [1.807, 2.05) is 12.3 Å². The van der Waals surface area contributed by atoms with E-state index in [0.717, 1.165) is 31.4 Å². The van der Waals surface area contributed by atoms with Gasteiger partial charge in [-0.2, -0.15) is 0 Å². The Balaban J connectivity index is 1.70. The highest BCUT2D eigenvalue weighted by molar-refractivity contribution is 7.80. The molecule has 1 aromatic heterocycles. The highest BCUT2D eigenvalue weighted by Crippen LogP contribution is 2.29. The molecule has 28 heavy (non-hydrogen) atoms. The van der Waals surface area contributed by atoms with Crippen LogP contribution in [0.2, 0.25) is 0 Å². The van der Waals surface area contributed by atoms with Crippen LogP contribution in [0.3, 0.4) is 0 Å². The molecule has 7 nitrogen and oxygen atoms in total. The van der Waals surface area contributed by atoms with Gasteiger partial charge in [0.1, 0.15) is 17.1 Å². The van der Waals surface area contributed by atoms with Crippen molar-refractivity contribution in [2.45, 2.75) is 25.3 Å². The van der Waals surface area contributed by atoms with Gasteiger partial charge in [0, 0.05) is 18.9 Å². The van der Waals surface area contributed by atoms with Crippen molar-refractivity contribution in [3.63, 3.8) is 0 Å². The third-order valence-corrected chi connectivity index (χ3v) is 4.89. The van der Waals surface area contributed by atoms with Crippen molar-refractivity contribution < 1.29 is 14.3 Å². The van der Waals surface area contributed by atoms with Crippen molar-refractivity contribution in [2.24, 2.45) is 0 Å². The van der Waals surface area contributed by atoms with Crippen LogP contribution >= 0.6 is 12.2 Å². The highest BCUT2D eigenvalue weighted by Gasteiger charge is 2.26. The molecule has 0 radical (unpaired) electrons. The van der Waals surface area contributed by atoms with Crippen LogP contribution in [0.1, 0.15) is 41.2 Å². The number of benzene rings is 1. The molecule has 2 aromatic rings. The fourth-order valence-electron chi connectivity index (χ4n) is 3.38. The number of methoxy groups -OCH3 is 2. The van der Waals surface area contributed by atoms with E-state index in [2.05, 4.69) is 26.8 Å². The molecule has 0 spiro atoms. The summed E-state index contributed by atoms with van der Waals surface area (Å²) in [5.41, 5.74) is 4.59. The molecule has 1 atom stereocenters. The summed E-state index contributed by atoms with van der Waals surface area (Å²) in [7, 11) is 3.02. The van der Waals surface area contributed by atoms with Crippen LogP contribution in [-0.2, 0) is 0 Å². The number of nitrogens with zero attached hydrogens (tertiary/aromatic N) is 2. The molecule has 1 unspecified atom stereocenters. The zero-order chi connectivity index (χ0) is 19.9. The number of thiocarbonyl (C=S) groups is 1. The Morgan fingerprint density at radius 1 is 1.18 bits per heavy atom. The quantitative estimate of drug-likeness (QED) is 0.748. The Bertz CT molecular complexity index is 809. The lowest BCUT2D eigenvalue weighted by molar-refractivity contribution is 0.0952. The second-order valence-electron chi connectivity index (χ2n) is 6.42. The minimum absolute atomic E-state index is 0.151. The van der Waals surface area contributed by atoms with Crippen molar-refractivity contribution in [2.75, 3.05) is 20.8 Å². The number of carbonyl (C=O) groups is 1. The maximum absolute atomic E-state index is 12.8. The number of nitrogens with one attached hydrogen (secondary N) is 2. The van der Waals surface area contributed by atoms with Gasteiger partial charge in [-0.25, -0.2) is 5.01 Å². The first kappa shape index (κ1) is 20.0. The second kappa shape index (κ2) is 9.48. The fraction of sp³-hybridized carbons (Fsp3) is 0.350. The van der Waals surface area contributed by atoms with Crippen LogP contribution < -0.4 is 20.2 Å². The average molecular weight is 401 g/mol. The Morgan fingerprint density at radius 2 is 1.93 bits per heavy atom. The number of ether oxygens (including phenoxy) is 2. The van der Waals surface area contributed by atoms with Gasteiger partial charge in [-0.3, -0.25) is 20.5 Å². The van der Waals surface area contributed by atoms with E-state index in [-0.39, 0.29) is 17.1 Å². The van der Waals surface area contributed by atoms with Gasteiger partial charge < -0.3 is 9.47 Å². The topological polar surface area (TPSA) is 75.7 Å². The number of carbonyl (C=O) groups excluding carboxylic acids is 1. The first-order valence-electron chi connectivity index (χ1n) is 9.13. The number of rotatable bonds is 5. The highest BCUT2D eigenvalue weighted by atomic mass is 32.1. The number of pyridine rings is 1. The molecule has 1 saturated heterocycles. The SMILES string of the molecule is COc1cccc(OC)c1C(=O)NC(=S)NN1CCCCC1c1cccnc1. The Kier molecular flexibility index (Phi) is 6.78. The van der Waals surface area contributed by atoms with E-state index in [9.17, 15) is 4.79 Å². The number of amides is 1. The van der Waals surface area contributed by atoms with E-state index >= 15 is 0 Å². The molecule has 148 valence electrons. The number of hydrogen-bond acceptors (Lipinski definition) is 6. The van der Waals surface area contributed by atoms with Gasteiger partial charge in [0.15, 0.2) is 5.11 Å². The molecular formula is C20H24N4O3S. The molecule has 2 heterocycles. The van der Waals surface area contributed by atoms with Crippen LogP contribution in [-0.4, -0.2) is 41.8 Å². The fourth-order valence-corrected chi connectivity index (χ4v) is 3.59. The molecular weight excluding hydrogens is 376 g/mol. The summed E-state index contributed by atoms with van der Waals surface area (Å²) in [4.78, 5) is 17.0. The van der Waals surface area contributed by atoms with Gasteiger partial charge in [-0.05, 0) is 48.8 Å².